The summed E-state index contributed by atoms with van der Waals surface area (Å²) in [6, 6.07) is 8.82. The van der Waals surface area contributed by atoms with Crippen LogP contribution in [0.4, 0.5) is 5.69 Å². The topological polar surface area (TPSA) is 54.9 Å². The van der Waals surface area contributed by atoms with Crippen LogP contribution in [0.15, 0.2) is 30.3 Å². The summed E-state index contributed by atoms with van der Waals surface area (Å²) in [6.45, 7) is 1.46. The van der Waals surface area contributed by atoms with Crippen LogP contribution in [0.25, 0.3) is 11.3 Å². The van der Waals surface area contributed by atoms with Gasteiger partial charge in [0.1, 0.15) is 5.15 Å². The maximum atomic E-state index is 10.9. The molecule has 0 aliphatic heterocycles. The Labute approximate surface area is 114 Å². The molecule has 6 heteroatoms. The highest BCUT2D eigenvalue weighted by Crippen LogP contribution is 2.23. The molecule has 0 fully saturated rings. The molecule has 0 bridgehead atoms. The van der Waals surface area contributed by atoms with Gasteiger partial charge in [-0.1, -0.05) is 23.7 Å². The van der Waals surface area contributed by atoms with E-state index in [4.69, 9.17) is 23.2 Å². The number of aromatic nitrogens is 2. The van der Waals surface area contributed by atoms with E-state index in [1.165, 1.54) is 6.92 Å². The Morgan fingerprint density at radius 3 is 2.39 bits per heavy atom. The smallest absolute Gasteiger partial charge is 0.224 e. The monoisotopic (exact) mass is 281 g/mol. The largest absolute Gasteiger partial charge is 0.326 e. The van der Waals surface area contributed by atoms with Crippen molar-refractivity contribution in [1.82, 2.24) is 9.97 Å². The van der Waals surface area contributed by atoms with Gasteiger partial charge in [-0.05, 0) is 23.7 Å². The molecule has 2 rings (SSSR count). The molecule has 0 aliphatic rings. The first kappa shape index (κ1) is 12.8. The summed E-state index contributed by atoms with van der Waals surface area (Å²) < 4.78 is 0. The molecule has 18 heavy (non-hydrogen) atoms. The van der Waals surface area contributed by atoms with Crippen molar-refractivity contribution in [3.05, 3.63) is 40.8 Å². The molecule has 1 N–H and O–H groups in total. The van der Waals surface area contributed by atoms with Crippen LogP contribution >= 0.6 is 23.2 Å². The van der Waals surface area contributed by atoms with Gasteiger partial charge < -0.3 is 5.32 Å². The maximum absolute atomic E-state index is 10.9. The van der Waals surface area contributed by atoms with Gasteiger partial charge in [0.15, 0.2) is 0 Å². The molecule has 0 radical (unpaired) electrons. The van der Waals surface area contributed by atoms with Crippen LogP contribution in [0.1, 0.15) is 6.92 Å². The highest BCUT2D eigenvalue weighted by molar-refractivity contribution is 6.32. The normalized spacial score (nSPS) is 10.2. The summed E-state index contributed by atoms with van der Waals surface area (Å²) in [6.07, 6.45) is 0. The van der Waals surface area contributed by atoms with Crippen molar-refractivity contribution in [2.45, 2.75) is 6.92 Å². The Kier molecular flexibility index (Phi) is 3.79. The average molecular weight is 282 g/mol. The van der Waals surface area contributed by atoms with Gasteiger partial charge in [-0.3, -0.25) is 4.79 Å². The highest BCUT2D eigenvalue weighted by Gasteiger charge is 2.04. The van der Waals surface area contributed by atoms with Crippen molar-refractivity contribution >= 4 is 34.8 Å². The molecule has 2 aromatic rings. The number of hydrogen-bond acceptors (Lipinski definition) is 3. The number of nitrogens with one attached hydrogen (secondary N) is 1. The second-order valence-corrected chi connectivity index (χ2v) is 4.33. The van der Waals surface area contributed by atoms with E-state index in [0.29, 0.717) is 5.69 Å². The molecule has 4 nitrogen and oxygen atoms in total. The Hall–Kier alpha value is -1.65. The van der Waals surface area contributed by atoms with Gasteiger partial charge >= 0.3 is 0 Å². The van der Waals surface area contributed by atoms with Gasteiger partial charge in [0.05, 0.1) is 5.69 Å². The summed E-state index contributed by atoms with van der Waals surface area (Å²) in [5.74, 6) is -0.115. The highest BCUT2D eigenvalue weighted by atomic mass is 35.5. The van der Waals surface area contributed by atoms with Gasteiger partial charge in [-0.15, -0.1) is 0 Å². The van der Waals surface area contributed by atoms with Crippen LogP contribution in [-0.4, -0.2) is 15.9 Å². The first-order chi connectivity index (χ1) is 8.54. The second-order valence-electron chi connectivity index (χ2n) is 3.60. The number of halogens is 2. The summed E-state index contributed by atoms with van der Waals surface area (Å²) in [5.41, 5.74) is 2.20. The third-order valence-electron chi connectivity index (χ3n) is 2.17. The lowest BCUT2D eigenvalue weighted by atomic mass is 10.1. The Morgan fingerprint density at radius 2 is 1.83 bits per heavy atom. The van der Waals surface area contributed by atoms with Crippen LogP contribution in [0, 0.1) is 0 Å². The van der Waals surface area contributed by atoms with E-state index >= 15 is 0 Å². The van der Waals surface area contributed by atoms with E-state index in [9.17, 15) is 4.79 Å². The van der Waals surface area contributed by atoms with Crippen molar-refractivity contribution in [1.29, 1.82) is 0 Å². The molecular formula is C12H9Cl2N3O. The van der Waals surface area contributed by atoms with Gasteiger partial charge in [-0.25, -0.2) is 9.97 Å². The first-order valence-corrected chi connectivity index (χ1v) is 5.88. The van der Waals surface area contributed by atoms with E-state index < -0.39 is 0 Å². The number of amides is 1. The standard InChI is InChI=1S/C12H9Cl2N3O/c1-7(18)15-9-4-2-8(3-5-9)10-6-11(13)17-12(14)16-10/h2-6H,1H3,(H,15,18). The molecule has 1 aromatic carbocycles. The fraction of sp³-hybridized carbons (Fsp3) is 0.0833. The number of carbonyl (C=O) groups is 1. The zero-order chi connectivity index (χ0) is 13.1. The van der Waals surface area contributed by atoms with Crippen LogP contribution in [0.5, 0.6) is 0 Å². The summed E-state index contributed by atoms with van der Waals surface area (Å²) in [7, 11) is 0. The van der Waals surface area contributed by atoms with Crippen molar-refractivity contribution in [3.8, 4) is 11.3 Å². The lowest BCUT2D eigenvalue weighted by Crippen LogP contribution is -2.05. The maximum Gasteiger partial charge on any atom is 0.224 e. The van der Waals surface area contributed by atoms with Gasteiger partial charge in [0.25, 0.3) is 0 Å². The lowest BCUT2D eigenvalue weighted by molar-refractivity contribution is -0.114. The van der Waals surface area contributed by atoms with E-state index in [0.717, 1.165) is 11.3 Å². The number of nitrogens with zero attached hydrogens (tertiary/aromatic N) is 2. The molecule has 0 saturated heterocycles. The van der Waals surface area contributed by atoms with Crippen molar-refractivity contribution in [3.63, 3.8) is 0 Å². The molecule has 1 amide bonds. The van der Waals surface area contributed by atoms with Gasteiger partial charge in [0, 0.05) is 24.2 Å². The summed E-state index contributed by atoms with van der Waals surface area (Å²) >= 11 is 11.5. The van der Waals surface area contributed by atoms with Crippen molar-refractivity contribution in [2.75, 3.05) is 5.32 Å². The fourth-order valence-electron chi connectivity index (χ4n) is 1.47. The van der Waals surface area contributed by atoms with E-state index in [2.05, 4.69) is 15.3 Å². The molecule has 1 aromatic heterocycles. The van der Waals surface area contributed by atoms with E-state index in [1.807, 2.05) is 12.1 Å². The molecule has 0 unspecified atom stereocenters. The number of rotatable bonds is 2. The SMILES string of the molecule is CC(=O)Nc1ccc(-c2cc(Cl)nc(Cl)n2)cc1. The first-order valence-electron chi connectivity index (χ1n) is 5.13. The predicted octanol–water partition coefficient (Wildman–Crippen LogP) is 3.41. The molecule has 0 aliphatic carbocycles. The zero-order valence-corrected chi connectivity index (χ0v) is 11.0. The molecule has 92 valence electrons. The zero-order valence-electron chi connectivity index (χ0n) is 9.45. The minimum Gasteiger partial charge on any atom is -0.326 e. The van der Waals surface area contributed by atoms with Crippen LogP contribution in [-0.2, 0) is 4.79 Å². The number of hydrogen-bond donors (Lipinski definition) is 1. The third-order valence-corrected chi connectivity index (χ3v) is 2.53. The second kappa shape index (κ2) is 5.33. The average Bonchev–Trinajstić information content (AvgIpc) is 2.27. The van der Waals surface area contributed by atoms with Crippen LogP contribution in [0.2, 0.25) is 10.4 Å². The van der Waals surface area contributed by atoms with Crippen molar-refractivity contribution in [2.24, 2.45) is 0 Å². The summed E-state index contributed by atoms with van der Waals surface area (Å²) in [5, 5.41) is 3.07. The molecule has 0 atom stereocenters. The summed E-state index contributed by atoms with van der Waals surface area (Å²) in [4.78, 5) is 18.7. The predicted molar refractivity (Wildman–Crippen MR) is 71.8 cm³/mol. The molecule has 0 saturated carbocycles. The third kappa shape index (κ3) is 3.18. The fourth-order valence-corrected chi connectivity index (χ4v) is 1.87. The molecule has 1 heterocycles. The van der Waals surface area contributed by atoms with Gasteiger partial charge in [0.2, 0.25) is 11.2 Å². The van der Waals surface area contributed by atoms with Crippen LogP contribution in [0.3, 0.4) is 0 Å². The van der Waals surface area contributed by atoms with E-state index in [-0.39, 0.29) is 16.3 Å². The Balaban J connectivity index is 2.31. The Bertz CT molecular complexity index is 564. The van der Waals surface area contributed by atoms with Gasteiger partial charge in [-0.2, -0.15) is 0 Å². The van der Waals surface area contributed by atoms with E-state index in [1.54, 1.807) is 18.2 Å². The Morgan fingerprint density at radius 1 is 1.17 bits per heavy atom. The quantitative estimate of drug-likeness (QED) is 0.678. The van der Waals surface area contributed by atoms with Crippen molar-refractivity contribution < 1.29 is 4.79 Å². The number of carbonyl (C=O) groups excluding carboxylic acids is 1. The minimum absolute atomic E-state index is 0.100. The minimum atomic E-state index is -0.115. The molecular weight excluding hydrogens is 273 g/mol. The lowest BCUT2D eigenvalue weighted by Gasteiger charge is -2.05. The molecule has 0 spiro atoms. The van der Waals surface area contributed by atoms with Crippen LogP contribution < -0.4 is 5.32 Å². The number of anilines is 1. The number of benzene rings is 1.